The Hall–Kier alpha value is -2.59. The molecule has 0 spiro atoms. The maximum Gasteiger partial charge on any atom is 0.269 e. The Morgan fingerprint density at radius 1 is 1.04 bits per heavy atom. The van der Waals surface area contributed by atoms with E-state index in [-0.39, 0.29) is 22.8 Å². The van der Waals surface area contributed by atoms with Crippen LogP contribution in [0.3, 0.4) is 0 Å². The number of aromatic nitrogens is 4. The van der Waals surface area contributed by atoms with Crippen molar-refractivity contribution >= 4 is 31.9 Å². The van der Waals surface area contributed by atoms with Crippen molar-refractivity contribution in [3.05, 3.63) is 64.4 Å². The van der Waals surface area contributed by atoms with Crippen LogP contribution in [0.4, 0.5) is 0 Å². The Balaban J connectivity index is 1.72. The van der Waals surface area contributed by atoms with Crippen molar-refractivity contribution in [1.29, 1.82) is 0 Å². The fourth-order valence-corrected chi connectivity index (χ4v) is 4.39. The molecule has 4 rings (SSSR count). The lowest BCUT2D eigenvalue weighted by Gasteiger charge is -2.14. The molecular weight excluding hydrogens is 410 g/mol. The number of carbonyl (C=O) groups excluding carboxylic acids is 1. The third-order valence-electron chi connectivity index (χ3n) is 3.80. The Bertz CT molecular complexity index is 1080. The van der Waals surface area contributed by atoms with Crippen LogP contribution in [0.5, 0.6) is 0 Å². The molecule has 0 saturated heterocycles. The number of hydrogen-bond donors (Lipinski definition) is 0. The molecule has 0 aliphatic carbocycles. The fourth-order valence-electron chi connectivity index (χ4n) is 2.60. The number of tetrazole rings is 1. The van der Waals surface area contributed by atoms with E-state index in [1.165, 1.54) is 16.8 Å². The first kappa shape index (κ1) is 15.9. The van der Waals surface area contributed by atoms with Crippen molar-refractivity contribution in [2.75, 3.05) is 0 Å². The summed E-state index contributed by atoms with van der Waals surface area (Å²) in [4.78, 5) is 12.5. The van der Waals surface area contributed by atoms with E-state index in [9.17, 15) is 13.2 Å². The van der Waals surface area contributed by atoms with Crippen molar-refractivity contribution in [2.45, 2.75) is 11.4 Å². The standard InChI is InChI=1S/C15H10BrN5O3S/c16-10-5-7-11(8-6-10)21-14(17-18-19-21)9-20-15(22)12-3-1-2-4-13(12)25(20,23)24/h1-8H,9H2. The van der Waals surface area contributed by atoms with Crippen LogP contribution in [-0.4, -0.2) is 38.8 Å². The number of carbonyl (C=O) groups is 1. The quantitative estimate of drug-likeness (QED) is 0.641. The van der Waals surface area contributed by atoms with Gasteiger partial charge < -0.3 is 0 Å². The van der Waals surface area contributed by atoms with Gasteiger partial charge in [0, 0.05) is 4.47 Å². The summed E-state index contributed by atoms with van der Waals surface area (Å²) in [6.45, 7) is -0.251. The van der Waals surface area contributed by atoms with Crippen molar-refractivity contribution < 1.29 is 13.2 Å². The average Bonchev–Trinajstić information content (AvgIpc) is 3.14. The molecule has 2 aromatic carbocycles. The first-order valence-corrected chi connectivity index (χ1v) is 9.41. The second-order valence-corrected chi connectivity index (χ2v) is 8.04. The Morgan fingerprint density at radius 2 is 1.76 bits per heavy atom. The molecule has 1 aliphatic rings. The van der Waals surface area contributed by atoms with E-state index in [2.05, 4.69) is 31.5 Å². The molecule has 0 fully saturated rings. The van der Waals surface area contributed by atoms with Gasteiger partial charge in [0.1, 0.15) is 4.90 Å². The molecule has 126 valence electrons. The maximum atomic E-state index is 12.6. The van der Waals surface area contributed by atoms with Gasteiger partial charge in [0.05, 0.1) is 17.8 Å². The number of fused-ring (bicyclic) bond motifs is 1. The van der Waals surface area contributed by atoms with E-state index in [0.29, 0.717) is 5.69 Å². The van der Waals surface area contributed by atoms with E-state index in [1.54, 1.807) is 24.3 Å². The van der Waals surface area contributed by atoms with Crippen molar-refractivity contribution in [2.24, 2.45) is 0 Å². The molecule has 1 amide bonds. The largest absolute Gasteiger partial charge is 0.269 e. The molecule has 0 unspecified atom stereocenters. The lowest BCUT2D eigenvalue weighted by atomic mass is 10.2. The molecule has 0 N–H and O–H groups in total. The Kier molecular flexibility index (Phi) is 3.65. The molecule has 8 nitrogen and oxygen atoms in total. The lowest BCUT2D eigenvalue weighted by Crippen LogP contribution is -2.30. The molecule has 1 aromatic heterocycles. The van der Waals surface area contributed by atoms with Crippen LogP contribution in [0.25, 0.3) is 5.69 Å². The van der Waals surface area contributed by atoms with Gasteiger partial charge in [-0.25, -0.2) is 12.7 Å². The van der Waals surface area contributed by atoms with Gasteiger partial charge in [0.15, 0.2) is 5.82 Å². The molecule has 2 heterocycles. The summed E-state index contributed by atoms with van der Waals surface area (Å²) in [5, 5.41) is 11.4. The van der Waals surface area contributed by atoms with Crippen LogP contribution in [0.15, 0.2) is 57.9 Å². The van der Waals surface area contributed by atoms with E-state index in [1.807, 2.05) is 12.1 Å². The van der Waals surface area contributed by atoms with E-state index in [4.69, 9.17) is 0 Å². The number of rotatable bonds is 3. The second kappa shape index (κ2) is 5.74. The molecule has 0 atom stereocenters. The molecule has 10 heteroatoms. The van der Waals surface area contributed by atoms with Gasteiger partial charge in [0.25, 0.3) is 15.9 Å². The topological polar surface area (TPSA) is 98.1 Å². The average molecular weight is 420 g/mol. The van der Waals surface area contributed by atoms with E-state index >= 15 is 0 Å². The van der Waals surface area contributed by atoms with Gasteiger partial charge in [-0.1, -0.05) is 28.1 Å². The molecule has 0 bridgehead atoms. The third-order valence-corrected chi connectivity index (χ3v) is 6.12. The summed E-state index contributed by atoms with van der Waals surface area (Å²) in [5.74, 6) is -0.340. The molecule has 3 aromatic rings. The Labute approximate surface area is 151 Å². The number of benzene rings is 2. The minimum Gasteiger partial charge on any atom is -0.268 e. The highest BCUT2D eigenvalue weighted by molar-refractivity contribution is 9.10. The zero-order chi connectivity index (χ0) is 17.6. The monoisotopic (exact) mass is 419 g/mol. The Morgan fingerprint density at radius 3 is 2.48 bits per heavy atom. The first-order chi connectivity index (χ1) is 12.0. The van der Waals surface area contributed by atoms with Gasteiger partial charge in [-0.15, -0.1) is 5.10 Å². The second-order valence-electron chi connectivity index (χ2n) is 5.30. The zero-order valence-electron chi connectivity index (χ0n) is 12.6. The normalized spacial score (nSPS) is 15.4. The number of halogens is 1. The first-order valence-electron chi connectivity index (χ1n) is 7.18. The van der Waals surface area contributed by atoms with Crippen LogP contribution in [0.2, 0.25) is 0 Å². The highest BCUT2D eigenvalue weighted by Gasteiger charge is 2.41. The highest BCUT2D eigenvalue weighted by atomic mass is 79.9. The summed E-state index contributed by atoms with van der Waals surface area (Å²) in [6, 6.07) is 13.3. The predicted molar refractivity (Wildman–Crippen MR) is 90.4 cm³/mol. The zero-order valence-corrected chi connectivity index (χ0v) is 15.0. The summed E-state index contributed by atoms with van der Waals surface area (Å²) >= 11 is 3.34. The maximum absolute atomic E-state index is 12.6. The molecule has 0 saturated carbocycles. The molecular formula is C15H10BrN5O3S. The van der Waals surface area contributed by atoms with Gasteiger partial charge >= 0.3 is 0 Å². The predicted octanol–water partition coefficient (Wildman–Crippen LogP) is 1.77. The molecule has 0 radical (unpaired) electrons. The SMILES string of the molecule is O=C1c2ccccc2S(=O)(=O)N1Cc1nnnn1-c1ccc(Br)cc1. The van der Waals surface area contributed by atoms with Crippen molar-refractivity contribution in [3.63, 3.8) is 0 Å². The van der Waals surface area contributed by atoms with Crippen LogP contribution in [-0.2, 0) is 16.6 Å². The van der Waals surface area contributed by atoms with Gasteiger partial charge in [-0.2, -0.15) is 4.68 Å². The van der Waals surface area contributed by atoms with Crippen molar-refractivity contribution in [3.8, 4) is 5.69 Å². The van der Waals surface area contributed by atoms with Gasteiger partial charge in [0.2, 0.25) is 0 Å². The van der Waals surface area contributed by atoms with Crippen LogP contribution < -0.4 is 0 Å². The molecule has 1 aliphatic heterocycles. The number of sulfonamides is 1. The summed E-state index contributed by atoms with van der Waals surface area (Å²) in [7, 11) is -3.91. The third kappa shape index (κ3) is 2.53. The number of amides is 1. The van der Waals surface area contributed by atoms with E-state index < -0.39 is 15.9 Å². The summed E-state index contributed by atoms with van der Waals surface area (Å²) < 4.78 is 28.3. The van der Waals surface area contributed by atoms with E-state index in [0.717, 1.165) is 8.78 Å². The fraction of sp³-hybridized carbons (Fsp3) is 0.0667. The number of hydrogen-bond acceptors (Lipinski definition) is 6. The minimum atomic E-state index is -3.91. The minimum absolute atomic E-state index is 0.00247. The van der Waals surface area contributed by atoms with Crippen LogP contribution in [0.1, 0.15) is 16.2 Å². The highest BCUT2D eigenvalue weighted by Crippen LogP contribution is 2.31. The van der Waals surface area contributed by atoms with Gasteiger partial charge in [-0.3, -0.25) is 4.79 Å². The molecule has 25 heavy (non-hydrogen) atoms. The van der Waals surface area contributed by atoms with Crippen LogP contribution >= 0.6 is 15.9 Å². The smallest absolute Gasteiger partial charge is 0.268 e. The van der Waals surface area contributed by atoms with Crippen LogP contribution in [0, 0.1) is 0 Å². The summed E-state index contributed by atoms with van der Waals surface area (Å²) in [6.07, 6.45) is 0. The van der Waals surface area contributed by atoms with Crippen molar-refractivity contribution in [1.82, 2.24) is 24.5 Å². The van der Waals surface area contributed by atoms with Gasteiger partial charge in [-0.05, 0) is 46.8 Å². The lowest BCUT2D eigenvalue weighted by molar-refractivity contribution is 0.0862. The number of nitrogens with zero attached hydrogens (tertiary/aromatic N) is 5. The summed E-state index contributed by atoms with van der Waals surface area (Å²) in [5.41, 5.74) is 0.815.